The Morgan fingerprint density at radius 1 is 1.17 bits per heavy atom. The molecule has 0 saturated carbocycles. The highest BCUT2D eigenvalue weighted by Crippen LogP contribution is 2.29. The number of ether oxygens (including phenoxy) is 1. The Morgan fingerprint density at radius 2 is 2.00 bits per heavy atom. The van der Waals surface area contributed by atoms with Crippen molar-refractivity contribution in [3.8, 4) is 11.4 Å². The molecule has 0 spiro atoms. The van der Waals surface area contributed by atoms with Crippen LogP contribution in [-0.4, -0.2) is 45.8 Å². The van der Waals surface area contributed by atoms with E-state index >= 15 is 0 Å². The van der Waals surface area contributed by atoms with Crippen LogP contribution in [0.2, 0.25) is 0 Å². The van der Waals surface area contributed by atoms with E-state index in [-0.39, 0.29) is 12.1 Å². The Labute approximate surface area is 170 Å². The quantitative estimate of drug-likeness (QED) is 0.732. The number of nitrogens with zero attached hydrogens (tertiary/aromatic N) is 4. The maximum absolute atomic E-state index is 12.1. The van der Waals surface area contributed by atoms with E-state index in [4.69, 9.17) is 14.7 Å². The van der Waals surface area contributed by atoms with Crippen LogP contribution in [-0.2, 0) is 4.74 Å². The van der Waals surface area contributed by atoms with Gasteiger partial charge in [0.25, 0.3) is 0 Å². The lowest BCUT2D eigenvalue weighted by molar-refractivity contribution is 0.0509. The lowest BCUT2D eigenvalue weighted by Crippen LogP contribution is -2.40. The average molecular weight is 391 g/mol. The van der Waals surface area contributed by atoms with E-state index in [1.807, 2.05) is 57.2 Å². The fourth-order valence-corrected chi connectivity index (χ4v) is 3.47. The summed E-state index contributed by atoms with van der Waals surface area (Å²) in [6.45, 7) is 7.06. The Hall–Kier alpha value is -3.22. The minimum atomic E-state index is -0.510. The fourth-order valence-electron chi connectivity index (χ4n) is 3.47. The first kappa shape index (κ1) is 19.1. The van der Waals surface area contributed by atoms with Gasteiger partial charge in [0.05, 0.1) is 11.6 Å². The highest BCUT2D eigenvalue weighted by atomic mass is 16.6. The van der Waals surface area contributed by atoms with Crippen molar-refractivity contribution in [1.82, 2.24) is 20.3 Å². The van der Waals surface area contributed by atoms with Crippen LogP contribution in [0.1, 0.15) is 27.2 Å². The molecule has 4 rings (SSSR count). The SMILES string of the molecule is CC(C)(C)OC(=O)N[C@H]1CCN(c2nc(-c3cccnc3)nc3ccccc23)C1. The molecule has 1 amide bonds. The van der Waals surface area contributed by atoms with Crippen LogP contribution in [0.4, 0.5) is 10.6 Å². The molecular weight excluding hydrogens is 366 g/mol. The van der Waals surface area contributed by atoms with Crippen LogP contribution in [0.3, 0.4) is 0 Å². The zero-order valence-electron chi connectivity index (χ0n) is 16.9. The van der Waals surface area contributed by atoms with E-state index in [9.17, 15) is 4.79 Å². The van der Waals surface area contributed by atoms with Gasteiger partial charge < -0.3 is 15.0 Å². The molecule has 29 heavy (non-hydrogen) atoms. The van der Waals surface area contributed by atoms with Gasteiger partial charge in [0.1, 0.15) is 11.4 Å². The van der Waals surface area contributed by atoms with Crippen molar-refractivity contribution in [2.24, 2.45) is 0 Å². The van der Waals surface area contributed by atoms with Crippen LogP contribution in [0.15, 0.2) is 48.8 Å². The highest BCUT2D eigenvalue weighted by molar-refractivity contribution is 5.91. The molecule has 1 saturated heterocycles. The van der Waals surface area contributed by atoms with Crippen molar-refractivity contribution in [3.63, 3.8) is 0 Å². The number of amides is 1. The van der Waals surface area contributed by atoms with Crippen LogP contribution >= 0.6 is 0 Å². The minimum Gasteiger partial charge on any atom is -0.444 e. The largest absolute Gasteiger partial charge is 0.444 e. The number of carbonyl (C=O) groups is 1. The number of hydrogen-bond donors (Lipinski definition) is 1. The zero-order valence-corrected chi connectivity index (χ0v) is 16.9. The van der Waals surface area contributed by atoms with Crippen molar-refractivity contribution < 1.29 is 9.53 Å². The van der Waals surface area contributed by atoms with E-state index in [1.54, 1.807) is 12.4 Å². The topological polar surface area (TPSA) is 80.2 Å². The van der Waals surface area contributed by atoms with Crippen LogP contribution in [0.25, 0.3) is 22.3 Å². The van der Waals surface area contributed by atoms with E-state index in [2.05, 4.69) is 15.2 Å². The van der Waals surface area contributed by atoms with E-state index in [0.717, 1.165) is 35.2 Å². The lowest BCUT2D eigenvalue weighted by atomic mass is 10.2. The summed E-state index contributed by atoms with van der Waals surface area (Å²) >= 11 is 0. The number of para-hydroxylation sites is 1. The molecule has 0 aliphatic carbocycles. The van der Waals surface area contributed by atoms with Gasteiger partial charge in [-0.3, -0.25) is 4.98 Å². The van der Waals surface area contributed by atoms with Crippen LogP contribution in [0.5, 0.6) is 0 Å². The molecular formula is C22H25N5O2. The van der Waals surface area contributed by atoms with Gasteiger partial charge in [0, 0.05) is 36.4 Å². The summed E-state index contributed by atoms with van der Waals surface area (Å²) in [7, 11) is 0. The van der Waals surface area contributed by atoms with Gasteiger partial charge in [-0.15, -0.1) is 0 Å². The molecule has 150 valence electrons. The fraction of sp³-hybridized carbons (Fsp3) is 0.364. The predicted molar refractivity (Wildman–Crippen MR) is 113 cm³/mol. The lowest BCUT2D eigenvalue weighted by Gasteiger charge is -2.23. The first-order valence-corrected chi connectivity index (χ1v) is 9.81. The maximum Gasteiger partial charge on any atom is 0.407 e. The number of benzene rings is 1. The first-order valence-electron chi connectivity index (χ1n) is 9.81. The second-order valence-corrected chi connectivity index (χ2v) is 8.21. The highest BCUT2D eigenvalue weighted by Gasteiger charge is 2.28. The molecule has 1 aliphatic rings. The average Bonchev–Trinajstić information content (AvgIpc) is 3.14. The first-order chi connectivity index (χ1) is 13.9. The number of hydrogen-bond acceptors (Lipinski definition) is 6. The number of alkyl carbamates (subject to hydrolysis) is 1. The predicted octanol–water partition coefficient (Wildman–Crippen LogP) is 3.80. The molecule has 0 unspecified atom stereocenters. The third-order valence-electron chi connectivity index (χ3n) is 4.71. The number of carbonyl (C=O) groups excluding carboxylic acids is 1. The molecule has 7 heteroatoms. The Balaban J connectivity index is 1.60. The van der Waals surface area contributed by atoms with Gasteiger partial charge >= 0.3 is 6.09 Å². The molecule has 1 atom stereocenters. The van der Waals surface area contributed by atoms with Crippen molar-refractivity contribution >= 4 is 22.8 Å². The van der Waals surface area contributed by atoms with Crippen molar-refractivity contribution in [1.29, 1.82) is 0 Å². The summed E-state index contributed by atoms with van der Waals surface area (Å²) in [5, 5.41) is 3.97. The van der Waals surface area contributed by atoms with E-state index in [0.29, 0.717) is 12.4 Å². The second kappa shape index (κ2) is 7.66. The number of anilines is 1. The molecule has 3 heterocycles. The molecule has 1 aromatic carbocycles. The van der Waals surface area contributed by atoms with Gasteiger partial charge in [-0.2, -0.15) is 0 Å². The third-order valence-corrected chi connectivity index (χ3v) is 4.71. The van der Waals surface area contributed by atoms with Gasteiger partial charge in [-0.1, -0.05) is 12.1 Å². The molecule has 3 aromatic rings. The number of rotatable bonds is 3. The standard InChI is InChI=1S/C22H25N5O2/c1-22(2,3)29-21(28)24-16-10-12-27(14-16)20-17-8-4-5-9-18(17)25-19(26-20)15-7-6-11-23-13-15/h4-9,11,13,16H,10,12,14H2,1-3H3,(H,24,28)/t16-/m0/s1. The number of aromatic nitrogens is 3. The monoisotopic (exact) mass is 391 g/mol. The van der Waals surface area contributed by atoms with Gasteiger partial charge in [0.2, 0.25) is 0 Å². The van der Waals surface area contributed by atoms with Crippen molar-refractivity contribution in [2.75, 3.05) is 18.0 Å². The van der Waals surface area contributed by atoms with Gasteiger partial charge in [-0.05, 0) is 51.5 Å². The van der Waals surface area contributed by atoms with Gasteiger partial charge in [-0.25, -0.2) is 14.8 Å². The summed E-state index contributed by atoms with van der Waals surface area (Å²) in [5.41, 5.74) is 1.26. The molecule has 2 aromatic heterocycles. The zero-order chi connectivity index (χ0) is 20.4. The molecule has 1 aliphatic heterocycles. The summed E-state index contributed by atoms with van der Waals surface area (Å²) in [5.74, 6) is 1.53. The number of nitrogens with one attached hydrogen (secondary N) is 1. The number of fused-ring (bicyclic) bond motifs is 1. The summed E-state index contributed by atoms with van der Waals surface area (Å²) in [6, 6.07) is 11.8. The Kier molecular flexibility index (Phi) is 5.05. The van der Waals surface area contributed by atoms with E-state index in [1.165, 1.54) is 0 Å². The van der Waals surface area contributed by atoms with Crippen LogP contribution in [0, 0.1) is 0 Å². The molecule has 0 radical (unpaired) electrons. The van der Waals surface area contributed by atoms with Crippen molar-refractivity contribution in [3.05, 3.63) is 48.8 Å². The molecule has 1 fully saturated rings. The summed E-state index contributed by atoms with van der Waals surface area (Å²) in [6.07, 6.45) is 3.96. The molecule has 7 nitrogen and oxygen atoms in total. The normalized spacial score (nSPS) is 16.8. The van der Waals surface area contributed by atoms with Crippen LogP contribution < -0.4 is 10.2 Å². The molecule has 1 N–H and O–H groups in total. The van der Waals surface area contributed by atoms with E-state index < -0.39 is 5.60 Å². The second-order valence-electron chi connectivity index (χ2n) is 8.21. The number of pyridine rings is 1. The third kappa shape index (κ3) is 4.45. The molecule has 0 bridgehead atoms. The maximum atomic E-state index is 12.1. The van der Waals surface area contributed by atoms with Crippen molar-refractivity contribution in [2.45, 2.75) is 38.8 Å². The Morgan fingerprint density at radius 3 is 2.76 bits per heavy atom. The minimum absolute atomic E-state index is 0.0143. The summed E-state index contributed by atoms with van der Waals surface area (Å²) < 4.78 is 5.39. The Bertz CT molecular complexity index is 1020. The van der Waals surface area contributed by atoms with Gasteiger partial charge in [0.15, 0.2) is 5.82 Å². The summed E-state index contributed by atoms with van der Waals surface area (Å²) in [4.78, 5) is 28.1. The smallest absolute Gasteiger partial charge is 0.407 e.